The normalized spacial score (nSPS) is 11.7. The third-order valence-electron chi connectivity index (χ3n) is 8.52. The topological polar surface area (TPSA) is 36.4 Å². The highest BCUT2D eigenvalue weighted by Gasteiger charge is 2.19. The van der Waals surface area contributed by atoms with Crippen LogP contribution in [0.5, 0.6) is 0 Å². The molecule has 0 N–H and O–H groups in total. The zero-order valence-electron chi connectivity index (χ0n) is 27.6. The van der Waals surface area contributed by atoms with Crippen molar-refractivity contribution in [2.24, 2.45) is 0 Å². The molecule has 0 aliphatic heterocycles. The molecular weight excluding hydrogens is 496 g/mol. The van der Waals surface area contributed by atoms with Crippen LogP contribution in [0.1, 0.15) is 157 Å². The number of unbranched alkanes of at least 4 members (excludes halogenated alkanes) is 5. The van der Waals surface area contributed by atoms with Gasteiger partial charge in [0.05, 0.1) is 6.08 Å². The van der Waals surface area contributed by atoms with Gasteiger partial charge in [0, 0.05) is 0 Å². The minimum absolute atomic E-state index is 0.964. The van der Waals surface area contributed by atoms with Crippen LogP contribution in [-0.4, -0.2) is 10.7 Å². The third-order valence-corrected chi connectivity index (χ3v) is 8.52. The fraction of sp³-hybridized carbons (Fsp3) is 0.590. The first-order chi connectivity index (χ1) is 20.0. The maximum atomic E-state index is 9.42. The maximum Gasteiger partial charge on any atom is 0.299 e. The van der Waals surface area contributed by atoms with Gasteiger partial charge in [-0.3, -0.25) is 0 Å². The minimum atomic E-state index is 0.964. The summed E-state index contributed by atoms with van der Waals surface area (Å²) in [6, 6.07) is 9.91. The van der Waals surface area contributed by atoms with Crippen LogP contribution in [0.2, 0.25) is 0 Å². The summed E-state index contributed by atoms with van der Waals surface area (Å²) in [5.41, 5.74) is 23.6. The van der Waals surface area contributed by atoms with Crippen molar-refractivity contribution in [2.45, 2.75) is 151 Å². The van der Waals surface area contributed by atoms with Crippen molar-refractivity contribution >= 4 is 11.4 Å². The predicted octanol–water partition coefficient (Wildman–Crippen LogP) is 11.2. The van der Waals surface area contributed by atoms with Crippen LogP contribution >= 0.6 is 0 Å². The van der Waals surface area contributed by atoms with Gasteiger partial charge in [-0.2, -0.15) is 0 Å². The molecule has 0 bridgehead atoms. The lowest BCUT2D eigenvalue weighted by atomic mass is 9.82. The second-order valence-electron chi connectivity index (χ2n) is 11.6. The van der Waals surface area contributed by atoms with E-state index in [1.165, 1.54) is 88.6 Å². The van der Waals surface area contributed by atoms with Crippen molar-refractivity contribution < 1.29 is 4.79 Å². The molecule has 224 valence electrons. The molecule has 0 saturated carbocycles. The first-order valence-electron chi connectivity index (χ1n) is 17.0. The van der Waals surface area contributed by atoms with Crippen molar-refractivity contribution in [1.29, 1.82) is 0 Å². The van der Waals surface area contributed by atoms with E-state index in [0.29, 0.717) is 0 Å². The molecular formula is C39H58N2. The fourth-order valence-corrected chi connectivity index (χ4v) is 6.53. The van der Waals surface area contributed by atoms with Crippen molar-refractivity contribution in [3.05, 3.63) is 86.0 Å². The average molecular weight is 555 g/mol. The maximum absolute atomic E-state index is 9.42. The van der Waals surface area contributed by atoms with E-state index in [1.807, 2.05) is 6.08 Å². The molecule has 0 aliphatic carbocycles. The summed E-state index contributed by atoms with van der Waals surface area (Å²) in [6.45, 7) is 16.0. The molecule has 0 fully saturated rings. The summed E-state index contributed by atoms with van der Waals surface area (Å²) >= 11 is 0. The monoisotopic (exact) mass is 554 g/mol. The van der Waals surface area contributed by atoms with E-state index in [0.717, 1.165) is 64.2 Å². The zero-order chi connectivity index (χ0) is 30.0. The Morgan fingerprint density at radius 3 is 1.59 bits per heavy atom. The number of nitrogens with zero attached hydrogens (tertiary/aromatic N) is 2. The molecule has 0 spiro atoms. The van der Waals surface area contributed by atoms with Crippen LogP contribution in [0.4, 0.5) is 0 Å². The lowest BCUT2D eigenvalue weighted by Crippen LogP contribution is -2.06. The summed E-state index contributed by atoms with van der Waals surface area (Å²) < 4.78 is 0. The Hall–Kier alpha value is -2.66. The Morgan fingerprint density at radius 2 is 1.12 bits per heavy atom. The van der Waals surface area contributed by atoms with Gasteiger partial charge in [0.2, 0.25) is 0 Å². The van der Waals surface area contributed by atoms with Crippen molar-refractivity contribution in [1.82, 2.24) is 0 Å². The van der Waals surface area contributed by atoms with Crippen LogP contribution in [0.15, 0.2) is 35.9 Å². The van der Waals surface area contributed by atoms with E-state index in [1.54, 1.807) is 5.56 Å². The third kappa shape index (κ3) is 9.99. The highest BCUT2D eigenvalue weighted by molar-refractivity contribution is 5.86. The average Bonchev–Trinajstić information content (AvgIpc) is 2.98. The summed E-state index contributed by atoms with van der Waals surface area (Å²) in [7, 11) is 0. The van der Waals surface area contributed by atoms with Gasteiger partial charge in [-0.1, -0.05) is 124 Å². The number of aryl methyl sites for hydroxylation is 4. The fourth-order valence-electron chi connectivity index (χ4n) is 6.53. The Labute approximate surface area is 253 Å². The Kier molecular flexibility index (Phi) is 16.4. The summed E-state index contributed by atoms with van der Waals surface area (Å²) in [6.07, 6.45) is 20.5. The number of benzene rings is 2. The number of hydrogen-bond acceptors (Lipinski definition) is 0. The van der Waals surface area contributed by atoms with Crippen LogP contribution in [0.25, 0.3) is 11.1 Å². The molecule has 0 atom stereocenters. The highest BCUT2D eigenvalue weighted by Crippen LogP contribution is 2.36. The largest absolute Gasteiger partial charge is 0.348 e. The minimum Gasteiger partial charge on any atom is -0.348 e. The first kappa shape index (κ1) is 34.5. The van der Waals surface area contributed by atoms with Crippen LogP contribution in [-0.2, 0) is 38.5 Å². The summed E-state index contributed by atoms with van der Waals surface area (Å²) in [4.78, 5) is 3.30. The standard InChI is InChI=1S/C39H58N2/c1-8-15-16-17-18-19-23-32(24-25-41-40)39(35-26-30(12-5)37(14-7)31(13-6)27-35)36-28-33(20-9-2)38(22-11-4)34(29-36)21-10-3/h24,26-29H,8-23H2,1-7H3. The summed E-state index contributed by atoms with van der Waals surface area (Å²) in [5.74, 6) is 2.82. The summed E-state index contributed by atoms with van der Waals surface area (Å²) in [5, 5.41) is 0. The van der Waals surface area contributed by atoms with Crippen LogP contribution < -0.4 is 0 Å². The molecule has 0 unspecified atom stereocenters. The smallest absolute Gasteiger partial charge is 0.299 e. The van der Waals surface area contributed by atoms with Gasteiger partial charge in [0.25, 0.3) is 5.87 Å². The second-order valence-corrected chi connectivity index (χ2v) is 11.6. The van der Waals surface area contributed by atoms with E-state index in [9.17, 15) is 5.53 Å². The molecule has 2 heteroatoms. The van der Waals surface area contributed by atoms with Gasteiger partial charge >= 0.3 is 0 Å². The van der Waals surface area contributed by atoms with Crippen molar-refractivity contribution in [3.8, 4) is 0 Å². The van der Waals surface area contributed by atoms with Gasteiger partial charge in [-0.05, 0) is 107 Å². The lowest BCUT2D eigenvalue weighted by Gasteiger charge is -2.22. The molecule has 2 rings (SSSR count). The van der Waals surface area contributed by atoms with Crippen molar-refractivity contribution in [2.75, 3.05) is 0 Å². The second kappa shape index (κ2) is 19.5. The molecule has 0 amide bonds. The van der Waals surface area contributed by atoms with E-state index < -0.39 is 0 Å². The van der Waals surface area contributed by atoms with E-state index in [4.69, 9.17) is 0 Å². The molecule has 0 aromatic heterocycles. The Morgan fingerprint density at radius 1 is 0.610 bits per heavy atom. The van der Waals surface area contributed by atoms with Gasteiger partial charge < -0.3 is 5.53 Å². The number of hydrogen-bond donors (Lipinski definition) is 0. The number of rotatable bonds is 19. The lowest BCUT2D eigenvalue weighted by molar-refractivity contribution is 0.00800. The van der Waals surface area contributed by atoms with Gasteiger partial charge in [-0.15, -0.1) is 4.79 Å². The van der Waals surface area contributed by atoms with Gasteiger partial charge in [0.1, 0.15) is 0 Å². The highest BCUT2D eigenvalue weighted by atomic mass is 14.8. The van der Waals surface area contributed by atoms with E-state index >= 15 is 0 Å². The zero-order valence-corrected chi connectivity index (χ0v) is 27.6. The Bertz CT molecular complexity index is 1150. The quantitative estimate of drug-likeness (QED) is 0.0544. The first-order valence-corrected chi connectivity index (χ1v) is 17.0. The molecule has 0 radical (unpaired) electrons. The SMILES string of the molecule is CCCCCCCCC(C=C=[N+]=[N-])=C(c1cc(CC)c(CC)c(CC)c1)c1cc(CCC)c(CCC)c(CCC)c1. The number of allylic oxidation sites excluding steroid dienone is 2. The predicted molar refractivity (Wildman–Crippen MR) is 180 cm³/mol. The molecule has 2 nitrogen and oxygen atoms in total. The molecule has 0 heterocycles. The molecule has 41 heavy (non-hydrogen) atoms. The van der Waals surface area contributed by atoms with Crippen LogP contribution in [0.3, 0.4) is 0 Å². The molecule has 2 aromatic carbocycles. The Balaban J connectivity index is 2.91. The van der Waals surface area contributed by atoms with E-state index in [2.05, 4.69) is 83.4 Å². The molecule has 0 aliphatic rings. The molecule has 0 saturated heterocycles. The van der Waals surface area contributed by atoms with Crippen molar-refractivity contribution in [3.63, 3.8) is 0 Å². The van der Waals surface area contributed by atoms with Crippen LogP contribution in [0, 0.1) is 0 Å². The van der Waals surface area contributed by atoms with Gasteiger partial charge in [0.15, 0.2) is 0 Å². The molecule has 2 aromatic rings. The van der Waals surface area contributed by atoms with Gasteiger partial charge in [-0.25, -0.2) is 0 Å². The van der Waals surface area contributed by atoms with E-state index in [-0.39, 0.29) is 0 Å².